The number of benzene rings is 1. The second-order valence-electron chi connectivity index (χ2n) is 3.98. The summed E-state index contributed by atoms with van der Waals surface area (Å²) in [6.07, 6.45) is 0.190. The van der Waals surface area contributed by atoms with Crippen LogP contribution in [0.15, 0.2) is 24.3 Å². The predicted molar refractivity (Wildman–Crippen MR) is 61.9 cm³/mol. The number of hydrogen-bond acceptors (Lipinski definition) is 4. The molecule has 0 saturated heterocycles. The number of ketones is 2. The minimum Gasteiger partial charge on any atom is -0.300 e. The van der Waals surface area contributed by atoms with Gasteiger partial charge in [-0.3, -0.25) is 14.9 Å². The lowest BCUT2D eigenvalue weighted by molar-refractivity contribution is -0.384. The van der Waals surface area contributed by atoms with Gasteiger partial charge < -0.3 is 4.79 Å². The first-order chi connectivity index (χ1) is 7.91. The molecule has 1 aromatic carbocycles. The Bertz CT molecular complexity index is 450. The van der Waals surface area contributed by atoms with Crippen LogP contribution >= 0.6 is 0 Å². The van der Waals surface area contributed by atoms with E-state index in [1.807, 2.05) is 0 Å². The summed E-state index contributed by atoms with van der Waals surface area (Å²) >= 11 is 0. The monoisotopic (exact) mass is 235 g/mol. The molecule has 0 aliphatic carbocycles. The molecule has 0 radical (unpaired) electrons. The van der Waals surface area contributed by atoms with Crippen molar-refractivity contribution >= 4 is 17.3 Å². The molecule has 0 N–H and O–H groups in total. The molecule has 0 saturated carbocycles. The highest BCUT2D eigenvalue weighted by molar-refractivity contribution is 5.99. The molecule has 1 atom stereocenters. The van der Waals surface area contributed by atoms with E-state index in [9.17, 15) is 19.7 Å². The van der Waals surface area contributed by atoms with Gasteiger partial charge in [0, 0.05) is 30.0 Å². The van der Waals surface area contributed by atoms with Crippen LogP contribution in [0.2, 0.25) is 0 Å². The summed E-state index contributed by atoms with van der Waals surface area (Å²) in [5, 5.41) is 10.4. The van der Waals surface area contributed by atoms with Gasteiger partial charge in [-0.2, -0.15) is 0 Å². The van der Waals surface area contributed by atoms with Crippen LogP contribution < -0.4 is 0 Å². The predicted octanol–water partition coefficient (Wildman–Crippen LogP) is 2.39. The van der Waals surface area contributed by atoms with Crippen molar-refractivity contribution < 1.29 is 14.5 Å². The fourth-order valence-corrected chi connectivity index (χ4v) is 1.56. The van der Waals surface area contributed by atoms with Crippen molar-refractivity contribution in [3.05, 3.63) is 39.9 Å². The van der Waals surface area contributed by atoms with Gasteiger partial charge in [0.05, 0.1) is 4.92 Å². The van der Waals surface area contributed by atoms with E-state index in [1.165, 1.54) is 31.2 Å². The lowest BCUT2D eigenvalue weighted by atomic mass is 9.95. The lowest BCUT2D eigenvalue weighted by Gasteiger charge is -2.07. The maximum atomic E-state index is 11.8. The zero-order chi connectivity index (χ0) is 13.0. The number of hydrogen-bond donors (Lipinski definition) is 0. The molecule has 0 fully saturated rings. The molecule has 5 nitrogen and oxygen atoms in total. The van der Waals surface area contributed by atoms with Crippen molar-refractivity contribution in [3.8, 4) is 0 Å². The molecule has 0 spiro atoms. The van der Waals surface area contributed by atoms with E-state index in [1.54, 1.807) is 6.92 Å². The van der Waals surface area contributed by atoms with Crippen LogP contribution in [-0.2, 0) is 4.79 Å². The number of nitrogens with zero attached hydrogens (tertiary/aromatic N) is 1. The number of carbonyl (C=O) groups is 2. The Kier molecular flexibility index (Phi) is 4.09. The number of Topliss-reactive ketones (excluding diaryl/α,β-unsaturated/α-hetero) is 2. The van der Waals surface area contributed by atoms with E-state index < -0.39 is 10.8 Å². The highest BCUT2D eigenvalue weighted by Crippen LogP contribution is 2.16. The Morgan fingerprint density at radius 2 is 1.82 bits per heavy atom. The Balaban J connectivity index is 2.82. The van der Waals surface area contributed by atoms with Gasteiger partial charge in [-0.05, 0) is 19.1 Å². The van der Waals surface area contributed by atoms with Crippen LogP contribution in [0, 0.1) is 16.0 Å². The Hall–Kier alpha value is -2.04. The molecule has 0 amide bonds. The molecule has 0 aliphatic heterocycles. The van der Waals surface area contributed by atoms with Crippen molar-refractivity contribution in [1.29, 1.82) is 0 Å². The third kappa shape index (κ3) is 3.48. The molecule has 0 aliphatic rings. The topological polar surface area (TPSA) is 77.3 Å². The van der Waals surface area contributed by atoms with Crippen molar-refractivity contribution in [2.24, 2.45) is 5.92 Å². The average molecular weight is 235 g/mol. The largest absolute Gasteiger partial charge is 0.300 e. The van der Waals surface area contributed by atoms with E-state index in [0.29, 0.717) is 5.56 Å². The van der Waals surface area contributed by atoms with Gasteiger partial charge in [0.2, 0.25) is 0 Å². The lowest BCUT2D eigenvalue weighted by Crippen LogP contribution is -2.14. The van der Waals surface area contributed by atoms with Gasteiger partial charge in [0.1, 0.15) is 5.78 Å². The Morgan fingerprint density at radius 1 is 1.29 bits per heavy atom. The third-order valence-electron chi connectivity index (χ3n) is 2.40. The van der Waals surface area contributed by atoms with Crippen molar-refractivity contribution in [2.45, 2.75) is 20.3 Å². The van der Waals surface area contributed by atoms with Gasteiger partial charge >= 0.3 is 0 Å². The quantitative estimate of drug-likeness (QED) is 0.446. The van der Waals surface area contributed by atoms with Crippen molar-refractivity contribution in [2.75, 3.05) is 0 Å². The molecule has 0 heterocycles. The van der Waals surface area contributed by atoms with Crippen molar-refractivity contribution in [3.63, 3.8) is 0 Å². The molecular formula is C12H13NO4. The highest BCUT2D eigenvalue weighted by Gasteiger charge is 2.17. The third-order valence-corrected chi connectivity index (χ3v) is 2.40. The Labute approximate surface area is 98.6 Å². The molecule has 1 unspecified atom stereocenters. The van der Waals surface area contributed by atoms with Crippen LogP contribution in [0.5, 0.6) is 0 Å². The molecule has 5 heteroatoms. The molecule has 90 valence electrons. The van der Waals surface area contributed by atoms with E-state index in [0.717, 1.165) is 0 Å². The minimum absolute atomic E-state index is 0.0484. The number of carbonyl (C=O) groups excluding carboxylic acids is 2. The molecule has 1 aromatic rings. The second-order valence-corrected chi connectivity index (χ2v) is 3.98. The number of nitro benzene ring substituents is 1. The first-order valence-electron chi connectivity index (χ1n) is 5.20. The summed E-state index contributed by atoms with van der Waals surface area (Å²) in [5.74, 6) is -0.614. The summed E-state index contributed by atoms with van der Waals surface area (Å²) < 4.78 is 0. The number of non-ortho nitro benzene ring substituents is 1. The van der Waals surface area contributed by atoms with Gasteiger partial charge in [-0.1, -0.05) is 6.92 Å². The molecule has 17 heavy (non-hydrogen) atoms. The molecule has 0 aromatic heterocycles. The summed E-state index contributed by atoms with van der Waals surface area (Å²) in [6, 6.07) is 5.40. The maximum Gasteiger partial charge on any atom is 0.269 e. The van der Waals surface area contributed by atoms with Crippen LogP contribution in [0.3, 0.4) is 0 Å². The summed E-state index contributed by atoms with van der Waals surface area (Å²) in [4.78, 5) is 32.6. The van der Waals surface area contributed by atoms with Crippen LogP contribution in [0.1, 0.15) is 30.6 Å². The maximum absolute atomic E-state index is 11.8. The van der Waals surface area contributed by atoms with Gasteiger partial charge in [0.15, 0.2) is 5.78 Å². The SMILES string of the molecule is CC(=O)CC(C)C(=O)c1ccc([N+](=O)[O-])cc1. The van der Waals surface area contributed by atoms with Crippen LogP contribution in [-0.4, -0.2) is 16.5 Å². The number of rotatable bonds is 5. The van der Waals surface area contributed by atoms with E-state index in [4.69, 9.17) is 0 Å². The highest BCUT2D eigenvalue weighted by atomic mass is 16.6. The second kappa shape index (κ2) is 5.34. The van der Waals surface area contributed by atoms with Gasteiger partial charge in [-0.25, -0.2) is 0 Å². The average Bonchev–Trinajstić information content (AvgIpc) is 2.27. The van der Waals surface area contributed by atoms with E-state index in [-0.39, 0.29) is 23.7 Å². The van der Waals surface area contributed by atoms with E-state index in [2.05, 4.69) is 0 Å². The van der Waals surface area contributed by atoms with Gasteiger partial charge in [0.25, 0.3) is 5.69 Å². The number of nitro groups is 1. The zero-order valence-electron chi connectivity index (χ0n) is 9.67. The summed E-state index contributed by atoms with van der Waals surface area (Å²) in [5.41, 5.74) is 0.338. The van der Waals surface area contributed by atoms with Gasteiger partial charge in [-0.15, -0.1) is 0 Å². The zero-order valence-corrected chi connectivity index (χ0v) is 9.67. The molecule has 0 bridgehead atoms. The van der Waals surface area contributed by atoms with Crippen LogP contribution in [0.4, 0.5) is 5.69 Å². The first-order valence-corrected chi connectivity index (χ1v) is 5.20. The standard InChI is InChI=1S/C12H13NO4/c1-8(7-9(2)14)12(15)10-3-5-11(6-4-10)13(16)17/h3-6,8H,7H2,1-2H3. The smallest absolute Gasteiger partial charge is 0.269 e. The van der Waals surface area contributed by atoms with Crippen LogP contribution in [0.25, 0.3) is 0 Å². The molecule has 1 rings (SSSR count). The fourth-order valence-electron chi connectivity index (χ4n) is 1.56. The van der Waals surface area contributed by atoms with E-state index >= 15 is 0 Å². The summed E-state index contributed by atoms with van der Waals surface area (Å²) in [6.45, 7) is 3.10. The fraction of sp³-hybridized carbons (Fsp3) is 0.333. The first kappa shape index (κ1) is 13.0. The minimum atomic E-state index is -0.521. The Morgan fingerprint density at radius 3 is 2.24 bits per heavy atom. The normalized spacial score (nSPS) is 11.9. The molecular weight excluding hydrogens is 222 g/mol. The van der Waals surface area contributed by atoms with Crippen molar-refractivity contribution in [1.82, 2.24) is 0 Å². The summed E-state index contributed by atoms with van der Waals surface area (Å²) in [7, 11) is 0.